The van der Waals surface area contributed by atoms with Gasteiger partial charge in [0.2, 0.25) is 11.8 Å². The number of hydrogen-bond donors (Lipinski definition) is 2. The number of H-pyrrole nitrogens is 1. The Labute approximate surface area is 117 Å². The maximum absolute atomic E-state index is 12.5. The number of aromatic amines is 1. The molecule has 0 aromatic carbocycles. The highest BCUT2D eigenvalue weighted by molar-refractivity contribution is 6.00. The zero-order valence-corrected chi connectivity index (χ0v) is 11.5. The van der Waals surface area contributed by atoms with Crippen LogP contribution in [0.4, 0.5) is 5.69 Å². The van der Waals surface area contributed by atoms with Crippen LogP contribution in [0, 0.1) is 5.92 Å². The Morgan fingerprint density at radius 1 is 1.55 bits per heavy atom. The van der Waals surface area contributed by atoms with Crippen molar-refractivity contribution in [1.82, 2.24) is 20.4 Å². The topological polar surface area (TPSA) is 81.3 Å². The molecule has 7 heteroatoms. The first-order valence-corrected chi connectivity index (χ1v) is 6.93. The van der Waals surface area contributed by atoms with Crippen LogP contribution in [0.2, 0.25) is 0 Å². The van der Waals surface area contributed by atoms with Gasteiger partial charge in [0, 0.05) is 38.8 Å². The largest absolute Gasteiger partial charge is 0.341 e. The molecule has 2 saturated heterocycles. The summed E-state index contributed by atoms with van der Waals surface area (Å²) in [5, 5.41) is 9.79. The molecule has 0 spiro atoms. The lowest BCUT2D eigenvalue weighted by molar-refractivity contribution is -0.136. The number of carbonyl (C=O) groups excluding carboxylic acids is 2. The van der Waals surface area contributed by atoms with Crippen LogP contribution in [0.5, 0.6) is 0 Å². The number of nitrogens with one attached hydrogen (secondary N) is 2. The molecule has 3 heterocycles. The highest BCUT2D eigenvalue weighted by Gasteiger charge is 2.38. The van der Waals surface area contributed by atoms with E-state index in [9.17, 15) is 9.59 Å². The molecule has 20 heavy (non-hydrogen) atoms. The van der Waals surface area contributed by atoms with Crippen LogP contribution in [-0.4, -0.2) is 59.6 Å². The van der Waals surface area contributed by atoms with Crippen LogP contribution < -0.4 is 10.2 Å². The zero-order chi connectivity index (χ0) is 14.1. The molecule has 3 rings (SSSR count). The molecule has 0 saturated carbocycles. The summed E-state index contributed by atoms with van der Waals surface area (Å²) >= 11 is 0. The minimum absolute atomic E-state index is 0.0114. The predicted molar refractivity (Wildman–Crippen MR) is 73.1 cm³/mol. The number of aromatic nitrogens is 2. The van der Waals surface area contributed by atoms with Gasteiger partial charge < -0.3 is 15.1 Å². The van der Waals surface area contributed by atoms with Gasteiger partial charge in [-0.1, -0.05) is 0 Å². The van der Waals surface area contributed by atoms with Crippen LogP contribution in [0.25, 0.3) is 0 Å². The average Bonchev–Trinajstić information content (AvgIpc) is 3.17. The molecule has 108 valence electrons. The first-order valence-electron chi connectivity index (χ1n) is 6.93. The van der Waals surface area contributed by atoms with Crippen LogP contribution in [0.3, 0.4) is 0 Å². The lowest BCUT2D eigenvalue weighted by Crippen LogP contribution is -2.42. The third-order valence-corrected chi connectivity index (χ3v) is 4.20. The number of carbonyl (C=O) groups is 2. The normalized spacial score (nSPS) is 26.2. The van der Waals surface area contributed by atoms with Crippen molar-refractivity contribution in [3.63, 3.8) is 0 Å². The summed E-state index contributed by atoms with van der Waals surface area (Å²) < 4.78 is 0. The summed E-state index contributed by atoms with van der Waals surface area (Å²) in [5.41, 5.74) is 0.732. The molecular formula is C13H19N5O2. The number of anilines is 1. The second-order valence-corrected chi connectivity index (χ2v) is 5.46. The molecule has 0 bridgehead atoms. The lowest BCUT2D eigenvalue weighted by atomic mass is 10.1. The van der Waals surface area contributed by atoms with Gasteiger partial charge in [-0.15, -0.1) is 0 Å². The maximum atomic E-state index is 12.5. The zero-order valence-electron chi connectivity index (χ0n) is 11.5. The van der Waals surface area contributed by atoms with Crippen molar-refractivity contribution < 1.29 is 9.59 Å². The maximum Gasteiger partial charge on any atom is 0.228 e. The smallest absolute Gasteiger partial charge is 0.228 e. The Morgan fingerprint density at radius 2 is 2.40 bits per heavy atom. The van der Waals surface area contributed by atoms with E-state index in [1.807, 2.05) is 7.05 Å². The molecular weight excluding hydrogens is 258 g/mol. The van der Waals surface area contributed by atoms with E-state index in [1.54, 1.807) is 22.2 Å². The molecule has 0 aliphatic carbocycles. The fraction of sp³-hybridized carbons (Fsp3) is 0.615. The van der Waals surface area contributed by atoms with Crippen LogP contribution in [-0.2, 0) is 9.59 Å². The summed E-state index contributed by atoms with van der Waals surface area (Å²) in [6.07, 6.45) is 4.55. The minimum Gasteiger partial charge on any atom is -0.341 e. The fourth-order valence-corrected chi connectivity index (χ4v) is 2.95. The number of nitrogens with zero attached hydrogens (tertiary/aromatic N) is 3. The van der Waals surface area contributed by atoms with Gasteiger partial charge in [-0.05, 0) is 13.0 Å². The summed E-state index contributed by atoms with van der Waals surface area (Å²) in [7, 11) is 1.84. The molecule has 1 aromatic rings. The van der Waals surface area contributed by atoms with E-state index in [-0.39, 0.29) is 30.2 Å². The summed E-state index contributed by atoms with van der Waals surface area (Å²) in [6, 6.07) is 0.251. The molecule has 2 amide bonds. The van der Waals surface area contributed by atoms with Crippen molar-refractivity contribution in [1.29, 1.82) is 0 Å². The van der Waals surface area contributed by atoms with Crippen molar-refractivity contribution in [2.75, 3.05) is 31.6 Å². The molecule has 2 atom stereocenters. The second-order valence-electron chi connectivity index (χ2n) is 5.46. The molecule has 2 aliphatic rings. The van der Waals surface area contributed by atoms with E-state index in [2.05, 4.69) is 15.5 Å². The van der Waals surface area contributed by atoms with Gasteiger partial charge in [-0.3, -0.25) is 14.7 Å². The van der Waals surface area contributed by atoms with Crippen molar-refractivity contribution in [2.45, 2.75) is 18.9 Å². The SMILES string of the molecule is CN(C(=O)[C@H]1CC(=O)N(c2cn[nH]c2)C1)[C@H]1CCNC1. The van der Waals surface area contributed by atoms with Gasteiger partial charge in [0.05, 0.1) is 17.8 Å². The standard InChI is InChI=1S/C13H19N5O2/c1-17(10-2-3-14-5-10)13(20)9-4-12(19)18(8-9)11-6-15-16-7-11/h6-7,9-10,14H,2-5,8H2,1H3,(H,15,16)/t9-,10-/m0/s1. The molecule has 2 N–H and O–H groups in total. The van der Waals surface area contributed by atoms with Crippen LogP contribution >= 0.6 is 0 Å². The van der Waals surface area contributed by atoms with Crippen molar-refractivity contribution in [2.24, 2.45) is 5.92 Å². The Bertz CT molecular complexity index is 495. The summed E-state index contributed by atoms with van der Waals surface area (Å²) in [5.74, 6) is -0.191. The Balaban J connectivity index is 1.66. The monoisotopic (exact) mass is 277 g/mol. The van der Waals surface area contributed by atoms with Gasteiger partial charge in [0.1, 0.15) is 0 Å². The Morgan fingerprint density at radius 3 is 3.05 bits per heavy atom. The van der Waals surface area contributed by atoms with Crippen molar-refractivity contribution in [3.8, 4) is 0 Å². The number of amides is 2. The molecule has 7 nitrogen and oxygen atoms in total. The van der Waals surface area contributed by atoms with Crippen molar-refractivity contribution >= 4 is 17.5 Å². The first kappa shape index (κ1) is 13.1. The first-order chi connectivity index (χ1) is 9.66. The number of likely N-dealkylation sites (N-methyl/N-ethyl adjacent to an activating group) is 1. The highest BCUT2D eigenvalue weighted by Crippen LogP contribution is 2.26. The molecule has 0 unspecified atom stereocenters. The van der Waals surface area contributed by atoms with E-state index in [0.29, 0.717) is 6.54 Å². The van der Waals surface area contributed by atoms with Crippen LogP contribution in [0.15, 0.2) is 12.4 Å². The molecule has 2 fully saturated rings. The third-order valence-electron chi connectivity index (χ3n) is 4.20. The fourth-order valence-electron chi connectivity index (χ4n) is 2.95. The Kier molecular flexibility index (Phi) is 3.43. The summed E-state index contributed by atoms with van der Waals surface area (Å²) in [4.78, 5) is 28.0. The van der Waals surface area contributed by atoms with E-state index < -0.39 is 0 Å². The molecule has 0 radical (unpaired) electrons. The minimum atomic E-state index is -0.247. The summed E-state index contributed by atoms with van der Waals surface area (Å²) in [6.45, 7) is 2.24. The van der Waals surface area contributed by atoms with E-state index in [0.717, 1.165) is 25.2 Å². The lowest BCUT2D eigenvalue weighted by Gasteiger charge is -2.26. The third kappa shape index (κ3) is 2.29. The molecule has 2 aliphatic heterocycles. The quantitative estimate of drug-likeness (QED) is 0.786. The second kappa shape index (κ2) is 5.24. The van der Waals surface area contributed by atoms with Crippen LogP contribution in [0.1, 0.15) is 12.8 Å². The van der Waals surface area contributed by atoms with Gasteiger partial charge in [0.25, 0.3) is 0 Å². The van der Waals surface area contributed by atoms with Gasteiger partial charge in [0.15, 0.2) is 0 Å². The van der Waals surface area contributed by atoms with Crippen molar-refractivity contribution in [3.05, 3.63) is 12.4 Å². The highest BCUT2D eigenvalue weighted by atomic mass is 16.2. The molecule has 1 aromatic heterocycles. The number of hydrogen-bond acceptors (Lipinski definition) is 4. The average molecular weight is 277 g/mol. The van der Waals surface area contributed by atoms with Gasteiger partial charge >= 0.3 is 0 Å². The van der Waals surface area contributed by atoms with Gasteiger partial charge in [-0.2, -0.15) is 5.10 Å². The van der Waals surface area contributed by atoms with E-state index >= 15 is 0 Å². The van der Waals surface area contributed by atoms with E-state index in [4.69, 9.17) is 0 Å². The predicted octanol–water partition coefficient (Wildman–Crippen LogP) is -0.417. The Hall–Kier alpha value is -1.89. The van der Waals surface area contributed by atoms with E-state index in [1.165, 1.54) is 0 Å². The van der Waals surface area contributed by atoms with Gasteiger partial charge in [-0.25, -0.2) is 0 Å². The number of rotatable bonds is 3.